The fraction of sp³-hybridized carbons (Fsp3) is 0.333. The molecule has 0 N–H and O–H groups in total. The predicted octanol–water partition coefficient (Wildman–Crippen LogP) is 1.31. The van der Waals surface area contributed by atoms with E-state index in [0.717, 1.165) is 0 Å². The minimum atomic E-state index is -1.46. The highest BCUT2D eigenvalue weighted by atomic mass is 28.3. The number of ether oxygens (including phenoxy) is 1. The molecule has 82 valence electrons. The highest BCUT2D eigenvalue weighted by Crippen LogP contribution is 1.98. The maximum Gasteiger partial charge on any atom is 0.232 e. The van der Waals surface area contributed by atoms with E-state index in [1.807, 2.05) is 17.8 Å². The zero-order chi connectivity index (χ0) is 11.1. The first-order valence-corrected chi connectivity index (χ1v) is 6.79. The molecule has 0 saturated carbocycles. The summed E-state index contributed by atoms with van der Waals surface area (Å²) >= 11 is 0. The van der Waals surface area contributed by atoms with Crippen LogP contribution < -0.4 is 5.19 Å². The maximum atomic E-state index is 5.79. The minimum Gasteiger partial charge on any atom is -0.409 e. The summed E-state index contributed by atoms with van der Waals surface area (Å²) in [6.07, 6.45) is 0. The van der Waals surface area contributed by atoms with Crippen molar-refractivity contribution in [3.05, 3.63) is 42.1 Å². The van der Waals surface area contributed by atoms with E-state index in [9.17, 15) is 0 Å². The number of benzene rings is 1. The third kappa shape index (κ3) is 3.62. The van der Waals surface area contributed by atoms with Crippen molar-refractivity contribution in [3.8, 4) is 0 Å². The van der Waals surface area contributed by atoms with Gasteiger partial charge in [0.05, 0.1) is 13.2 Å². The Morgan fingerprint density at radius 2 is 2.07 bits per heavy atom. The van der Waals surface area contributed by atoms with Crippen molar-refractivity contribution in [2.75, 3.05) is 20.3 Å². The molecule has 0 amide bonds. The average Bonchev–Trinajstić information content (AvgIpc) is 2.26. The van der Waals surface area contributed by atoms with Gasteiger partial charge in [0.1, 0.15) is 0 Å². The van der Waals surface area contributed by atoms with Gasteiger partial charge in [-0.2, -0.15) is 0 Å². The van der Waals surface area contributed by atoms with Gasteiger partial charge in [-0.05, 0) is 17.7 Å². The smallest absolute Gasteiger partial charge is 0.232 e. The zero-order valence-electron chi connectivity index (χ0n) is 9.40. The van der Waals surface area contributed by atoms with Crippen LogP contribution in [0.5, 0.6) is 0 Å². The van der Waals surface area contributed by atoms with Crippen LogP contribution in [-0.2, 0) is 9.16 Å². The summed E-state index contributed by atoms with van der Waals surface area (Å²) in [5.41, 5.74) is 3.24. The SMILES string of the molecule is C=C[SiH](OCCOC)c1ccccc1C. The van der Waals surface area contributed by atoms with Crippen molar-refractivity contribution in [2.45, 2.75) is 6.92 Å². The van der Waals surface area contributed by atoms with Crippen LogP contribution in [-0.4, -0.2) is 29.4 Å². The van der Waals surface area contributed by atoms with Gasteiger partial charge in [0.15, 0.2) is 0 Å². The lowest BCUT2D eigenvalue weighted by molar-refractivity contribution is 0.148. The molecule has 0 aliphatic carbocycles. The Balaban J connectivity index is 2.66. The molecule has 15 heavy (non-hydrogen) atoms. The zero-order valence-corrected chi connectivity index (χ0v) is 10.6. The Kier molecular flexibility index (Phi) is 5.32. The lowest BCUT2D eigenvalue weighted by Gasteiger charge is -2.14. The van der Waals surface area contributed by atoms with Crippen LogP contribution in [0, 0.1) is 6.92 Å². The molecule has 1 atom stereocenters. The number of rotatable bonds is 6. The van der Waals surface area contributed by atoms with Gasteiger partial charge in [0.2, 0.25) is 9.04 Å². The van der Waals surface area contributed by atoms with Gasteiger partial charge in [-0.15, -0.1) is 6.58 Å². The van der Waals surface area contributed by atoms with Crippen molar-refractivity contribution in [2.24, 2.45) is 0 Å². The van der Waals surface area contributed by atoms with Gasteiger partial charge in [0.25, 0.3) is 0 Å². The lowest BCUT2D eigenvalue weighted by Crippen LogP contribution is -2.34. The number of methoxy groups -OCH3 is 1. The second-order valence-corrected chi connectivity index (χ2v) is 5.64. The Hall–Kier alpha value is -0.903. The number of hydrogen-bond donors (Lipinski definition) is 0. The van der Waals surface area contributed by atoms with E-state index in [0.29, 0.717) is 13.2 Å². The summed E-state index contributed by atoms with van der Waals surface area (Å²) < 4.78 is 10.8. The molecule has 0 heterocycles. The number of hydrogen-bond acceptors (Lipinski definition) is 2. The second-order valence-electron chi connectivity index (χ2n) is 3.38. The molecule has 1 rings (SSSR count). The number of aryl methyl sites for hydroxylation is 1. The Morgan fingerprint density at radius 3 is 2.67 bits per heavy atom. The minimum absolute atomic E-state index is 0.642. The van der Waals surface area contributed by atoms with Crippen molar-refractivity contribution in [3.63, 3.8) is 0 Å². The third-order valence-electron chi connectivity index (χ3n) is 2.29. The van der Waals surface area contributed by atoms with Crippen molar-refractivity contribution in [1.29, 1.82) is 0 Å². The predicted molar refractivity (Wildman–Crippen MR) is 66.0 cm³/mol. The molecular formula is C12H18O2Si. The molecule has 0 radical (unpaired) electrons. The van der Waals surface area contributed by atoms with Crippen LogP contribution in [0.15, 0.2) is 36.5 Å². The standard InChI is InChI=1S/C12H18O2Si/c1-4-15(14-10-9-13-3)12-8-6-5-7-11(12)2/h4-8,15H,1,9-10H2,2-3H3. The molecular weight excluding hydrogens is 204 g/mol. The van der Waals surface area contributed by atoms with Crippen LogP contribution in [0.1, 0.15) is 5.56 Å². The van der Waals surface area contributed by atoms with Crippen molar-refractivity contribution in [1.82, 2.24) is 0 Å². The van der Waals surface area contributed by atoms with Gasteiger partial charge in [0, 0.05) is 7.11 Å². The molecule has 0 aromatic heterocycles. The summed E-state index contributed by atoms with van der Waals surface area (Å²) in [5, 5.41) is 1.31. The maximum absolute atomic E-state index is 5.79. The summed E-state index contributed by atoms with van der Waals surface area (Å²) in [7, 11) is 0.224. The molecule has 3 heteroatoms. The molecule has 1 aromatic carbocycles. The lowest BCUT2D eigenvalue weighted by atomic mass is 10.2. The molecule has 1 aromatic rings. The third-order valence-corrected chi connectivity index (χ3v) is 4.58. The molecule has 0 bridgehead atoms. The molecule has 0 fully saturated rings. The highest BCUT2D eigenvalue weighted by molar-refractivity contribution is 6.72. The second kappa shape index (κ2) is 6.56. The van der Waals surface area contributed by atoms with Crippen molar-refractivity contribution >= 4 is 14.2 Å². The van der Waals surface area contributed by atoms with Crippen LogP contribution >= 0.6 is 0 Å². The molecule has 2 nitrogen and oxygen atoms in total. The van der Waals surface area contributed by atoms with E-state index in [-0.39, 0.29) is 0 Å². The van der Waals surface area contributed by atoms with Crippen LogP contribution in [0.3, 0.4) is 0 Å². The summed E-state index contributed by atoms with van der Waals surface area (Å²) in [6.45, 7) is 7.25. The Labute approximate surface area is 93.3 Å². The van der Waals surface area contributed by atoms with E-state index in [1.165, 1.54) is 10.8 Å². The molecule has 0 saturated heterocycles. The highest BCUT2D eigenvalue weighted by Gasteiger charge is 2.12. The van der Waals surface area contributed by atoms with Crippen LogP contribution in [0.2, 0.25) is 0 Å². The molecule has 0 aliphatic rings. The first-order chi connectivity index (χ1) is 7.29. The average molecular weight is 222 g/mol. The first kappa shape index (κ1) is 12.2. The van der Waals surface area contributed by atoms with Gasteiger partial charge < -0.3 is 9.16 Å². The topological polar surface area (TPSA) is 18.5 Å². The van der Waals surface area contributed by atoms with E-state index in [2.05, 4.69) is 25.6 Å². The van der Waals surface area contributed by atoms with E-state index in [4.69, 9.17) is 9.16 Å². The van der Waals surface area contributed by atoms with Gasteiger partial charge in [-0.3, -0.25) is 0 Å². The van der Waals surface area contributed by atoms with Gasteiger partial charge >= 0.3 is 0 Å². The van der Waals surface area contributed by atoms with Gasteiger partial charge in [-0.1, -0.05) is 30.0 Å². The largest absolute Gasteiger partial charge is 0.409 e. The Morgan fingerprint density at radius 1 is 1.33 bits per heavy atom. The monoisotopic (exact) mass is 222 g/mol. The fourth-order valence-corrected chi connectivity index (χ4v) is 3.21. The Bertz CT molecular complexity index is 312. The fourth-order valence-electron chi connectivity index (χ4n) is 1.45. The van der Waals surface area contributed by atoms with Gasteiger partial charge in [-0.25, -0.2) is 0 Å². The summed E-state index contributed by atoms with van der Waals surface area (Å²) in [6, 6.07) is 8.33. The van der Waals surface area contributed by atoms with Crippen molar-refractivity contribution < 1.29 is 9.16 Å². The van der Waals surface area contributed by atoms with E-state index >= 15 is 0 Å². The van der Waals surface area contributed by atoms with E-state index < -0.39 is 9.04 Å². The van der Waals surface area contributed by atoms with Crippen LogP contribution in [0.25, 0.3) is 0 Å². The molecule has 1 unspecified atom stereocenters. The molecule has 0 aliphatic heterocycles. The van der Waals surface area contributed by atoms with Crippen LogP contribution in [0.4, 0.5) is 0 Å². The quantitative estimate of drug-likeness (QED) is 0.534. The summed E-state index contributed by atoms with van der Waals surface area (Å²) in [5.74, 6) is 0. The first-order valence-electron chi connectivity index (χ1n) is 5.08. The summed E-state index contributed by atoms with van der Waals surface area (Å²) in [4.78, 5) is 0. The molecule has 0 spiro atoms. The normalized spacial score (nSPS) is 12.4. The van der Waals surface area contributed by atoms with E-state index in [1.54, 1.807) is 7.11 Å².